The van der Waals surface area contributed by atoms with E-state index >= 15 is 0 Å². The molecule has 0 aliphatic carbocycles. The second kappa shape index (κ2) is 9.39. The van der Waals surface area contributed by atoms with Gasteiger partial charge in [0.25, 0.3) is 5.56 Å². The van der Waals surface area contributed by atoms with Crippen LogP contribution in [0.3, 0.4) is 0 Å². The number of alkyl halides is 3. The Morgan fingerprint density at radius 3 is 2.34 bits per heavy atom. The molecule has 0 unspecified atom stereocenters. The highest BCUT2D eigenvalue weighted by atomic mass is 19.4. The van der Waals surface area contributed by atoms with Crippen molar-refractivity contribution in [2.24, 2.45) is 0 Å². The molecule has 3 aromatic rings. The zero-order valence-corrected chi connectivity index (χ0v) is 17.7. The summed E-state index contributed by atoms with van der Waals surface area (Å²) in [5.41, 5.74) is -0.512. The SMILES string of the molecule is COC(OC)c1cccc(Cn2c(-c3cccc(C)c3)cc(C(F)(F)F)c(C#N)c2=O)c1. The fourth-order valence-electron chi connectivity index (χ4n) is 3.57. The van der Waals surface area contributed by atoms with Gasteiger partial charge in [-0.2, -0.15) is 18.4 Å². The van der Waals surface area contributed by atoms with Crippen LogP contribution >= 0.6 is 0 Å². The van der Waals surface area contributed by atoms with Crippen molar-refractivity contribution < 1.29 is 22.6 Å². The number of aromatic nitrogens is 1. The minimum Gasteiger partial charge on any atom is -0.352 e. The molecule has 0 amide bonds. The molecule has 0 fully saturated rings. The van der Waals surface area contributed by atoms with Crippen molar-refractivity contribution in [3.8, 4) is 17.3 Å². The Morgan fingerprint density at radius 2 is 1.75 bits per heavy atom. The third kappa shape index (κ3) is 4.74. The number of rotatable bonds is 6. The van der Waals surface area contributed by atoms with Crippen LogP contribution in [-0.2, 0) is 22.2 Å². The van der Waals surface area contributed by atoms with Gasteiger partial charge in [-0.3, -0.25) is 4.79 Å². The van der Waals surface area contributed by atoms with Crippen molar-refractivity contribution in [2.75, 3.05) is 14.2 Å². The monoisotopic (exact) mass is 442 g/mol. The Kier molecular flexibility index (Phi) is 6.82. The Hall–Kier alpha value is -3.41. The standard InChI is InChI=1S/C24H21F3N2O3/c1-15-6-4-8-17(10-15)21-12-20(24(25,26)27)19(13-28)22(30)29(21)14-16-7-5-9-18(11-16)23(31-2)32-3/h4-12,23H,14H2,1-3H3. The minimum absolute atomic E-state index is 0.0388. The fourth-order valence-corrected chi connectivity index (χ4v) is 3.57. The summed E-state index contributed by atoms with van der Waals surface area (Å²) in [7, 11) is 2.96. The molecule has 5 nitrogen and oxygen atoms in total. The fraction of sp³-hybridized carbons (Fsp3) is 0.250. The second-order valence-electron chi connectivity index (χ2n) is 7.24. The van der Waals surface area contributed by atoms with Gasteiger partial charge in [-0.1, -0.05) is 42.0 Å². The molecule has 0 radical (unpaired) electrons. The van der Waals surface area contributed by atoms with E-state index in [-0.39, 0.29) is 12.2 Å². The number of benzene rings is 2. The lowest BCUT2D eigenvalue weighted by Crippen LogP contribution is -2.28. The Morgan fingerprint density at radius 1 is 1.06 bits per heavy atom. The van der Waals surface area contributed by atoms with Gasteiger partial charge in [0.05, 0.1) is 17.8 Å². The van der Waals surface area contributed by atoms with Gasteiger partial charge in [0, 0.05) is 19.8 Å². The number of hydrogen-bond donors (Lipinski definition) is 0. The molecule has 0 atom stereocenters. The van der Waals surface area contributed by atoms with Gasteiger partial charge < -0.3 is 14.0 Å². The largest absolute Gasteiger partial charge is 0.417 e. The van der Waals surface area contributed by atoms with E-state index in [4.69, 9.17) is 9.47 Å². The van der Waals surface area contributed by atoms with E-state index in [1.165, 1.54) is 24.9 Å². The molecule has 1 aromatic heterocycles. The topological polar surface area (TPSA) is 64.2 Å². The average molecular weight is 442 g/mol. The van der Waals surface area contributed by atoms with Crippen molar-refractivity contribution in [3.05, 3.63) is 92.8 Å². The highest BCUT2D eigenvalue weighted by molar-refractivity contribution is 5.63. The summed E-state index contributed by atoms with van der Waals surface area (Å²) in [5.74, 6) is 0. The van der Waals surface area contributed by atoms with E-state index < -0.39 is 29.2 Å². The lowest BCUT2D eigenvalue weighted by atomic mass is 10.0. The molecule has 0 saturated carbocycles. The second-order valence-corrected chi connectivity index (χ2v) is 7.24. The van der Waals surface area contributed by atoms with Crippen LogP contribution in [0.2, 0.25) is 0 Å². The molecule has 32 heavy (non-hydrogen) atoms. The van der Waals surface area contributed by atoms with Crippen molar-refractivity contribution in [1.29, 1.82) is 5.26 Å². The molecule has 166 valence electrons. The molecular weight excluding hydrogens is 421 g/mol. The Balaban J connectivity index is 2.24. The zero-order chi connectivity index (χ0) is 23.5. The molecule has 0 N–H and O–H groups in total. The number of ether oxygens (including phenoxy) is 2. The molecular formula is C24H21F3N2O3. The highest BCUT2D eigenvalue weighted by Crippen LogP contribution is 2.34. The molecule has 0 saturated heterocycles. The number of halogens is 3. The van der Waals surface area contributed by atoms with Crippen molar-refractivity contribution in [1.82, 2.24) is 4.57 Å². The number of aryl methyl sites for hydroxylation is 1. The first-order valence-electron chi connectivity index (χ1n) is 9.66. The molecule has 2 aromatic carbocycles. The summed E-state index contributed by atoms with van der Waals surface area (Å²) in [6.45, 7) is 1.77. The Bertz CT molecular complexity index is 1220. The summed E-state index contributed by atoms with van der Waals surface area (Å²) in [6, 6.07) is 16.1. The third-order valence-corrected chi connectivity index (χ3v) is 5.02. The number of pyridine rings is 1. The van der Waals surface area contributed by atoms with Gasteiger partial charge in [-0.25, -0.2) is 0 Å². The summed E-state index contributed by atoms with van der Waals surface area (Å²) in [5, 5.41) is 9.34. The normalized spacial score (nSPS) is 11.6. The number of nitriles is 1. The summed E-state index contributed by atoms with van der Waals surface area (Å²) in [4.78, 5) is 13.1. The number of nitrogens with zero attached hydrogens (tertiary/aromatic N) is 2. The van der Waals surface area contributed by atoms with Gasteiger partial charge in [-0.05, 0) is 36.2 Å². The van der Waals surface area contributed by atoms with Gasteiger partial charge in [-0.15, -0.1) is 0 Å². The van der Waals surface area contributed by atoms with E-state index in [0.29, 0.717) is 16.7 Å². The maximum absolute atomic E-state index is 13.6. The van der Waals surface area contributed by atoms with Crippen LogP contribution in [-0.4, -0.2) is 18.8 Å². The zero-order valence-electron chi connectivity index (χ0n) is 17.7. The maximum atomic E-state index is 13.6. The molecule has 0 bridgehead atoms. The Labute approximate surface area is 183 Å². The average Bonchev–Trinajstić information content (AvgIpc) is 2.75. The first-order valence-corrected chi connectivity index (χ1v) is 9.66. The van der Waals surface area contributed by atoms with E-state index in [9.17, 15) is 23.2 Å². The molecule has 0 aliphatic rings. The van der Waals surface area contributed by atoms with Gasteiger partial charge >= 0.3 is 6.18 Å². The smallest absolute Gasteiger partial charge is 0.352 e. The first-order chi connectivity index (χ1) is 15.2. The molecule has 0 spiro atoms. The first kappa shape index (κ1) is 23.3. The maximum Gasteiger partial charge on any atom is 0.417 e. The van der Waals surface area contributed by atoms with E-state index in [1.54, 1.807) is 55.5 Å². The van der Waals surface area contributed by atoms with Crippen molar-refractivity contribution >= 4 is 0 Å². The number of hydrogen-bond acceptors (Lipinski definition) is 4. The highest BCUT2D eigenvalue weighted by Gasteiger charge is 2.36. The van der Waals surface area contributed by atoms with Crippen molar-refractivity contribution in [2.45, 2.75) is 25.9 Å². The molecule has 1 heterocycles. The lowest BCUT2D eigenvalue weighted by molar-refractivity contribution is -0.137. The van der Waals surface area contributed by atoms with Gasteiger partial charge in [0.15, 0.2) is 6.29 Å². The van der Waals surface area contributed by atoms with Crippen LogP contribution in [0.5, 0.6) is 0 Å². The van der Waals surface area contributed by atoms with Crippen LogP contribution in [0.4, 0.5) is 13.2 Å². The van der Waals surface area contributed by atoms with Gasteiger partial charge in [0.2, 0.25) is 0 Å². The third-order valence-electron chi connectivity index (χ3n) is 5.02. The van der Waals surface area contributed by atoms with Crippen LogP contribution in [0.15, 0.2) is 59.4 Å². The molecule has 3 rings (SSSR count). The quantitative estimate of drug-likeness (QED) is 0.501. The number of methoxy groups -OCH3 is 2. The lowest BCUT2D eigenvalue weighted by Gasteiger charge is -2.19. The summed E-state index contributed by atoms with van der Waals surface area (Å²) in [6.07, 6.45) is -5.48. The van der Waals surface area contributed by atoms with Crippen LogP contribution in [0, 0.1) is 18.3 Å². The van der Waals surface area contributed by atoms with E-state index in [2.05, 4.69) is 0 Å². The summed E-state index contributed by atoms with van der Waals surface area (Å²) < 4.78 is 52.6. The van der Waals surface area contributed by atoms with Crippen molar-refractivity contribution in [3.63, 3.8) is 0 Å². The van der Waals surface area contributed by atoms with E-state index in [0.717, 1.165) is 11.6 Å². The molecule has 8 heteroatoms. The van der Waals surface area contributed by atoms with Crippen LogP contribution in [0.25, 0.3) is 11.3 Å². The van der Waals surface area contributed by atoms with E-state index in [1.807, 2.05) is 0 Å². The van der Waals surface area contributed by atoms with Crippen LogP contribution < -0.4 is 5.56 Å². The predicted octanol–water partition coefficient (Wildman–Crippen LogP) is 5.05. The van der Waals surface area contributed by atoms with Crippen LogP contribution in [0.1, 0.15) is 34.1 Å². The minimum atomic E-state index is -4.84. The predicted molar refractivity (Wildman–Crippen MR) is 113 cm³/mol. The molecule has 0 aliphatic heterocycles. The van der Waals surface area contributed by atoms with Gasteiger partial charge in [0.1, 0.15) is 11.6 Å². The summed E-state index contributed by atoms with van der Waals surface area (Å²) >= 11 is 0.